The molecule has 0 atom stereocenters. The van der Waals surface area contributed by atoms with Crippen molar-refractivity contribution in [3.63, 3.8) is 0 Å². The van der Waals surface area contributed by atoms with Crippen molar-refractivity contribution in [2.45, 2.75) is 0 Å². The average Bonchev–Trinajstić information content (AvgIpc) is 2.50. The van der Waals surface area contributed by atoms with Crippen LogP contribution in [0.2, 0.25) is 0 Å². The van der Waals surface area contributed by atoms with Gasteiger partial charge in [-0.1, -0.05) is 30.3 Å². The smallest absolute Gasteiger partial charge is 0.280 e. The summed E-state index contributed by atoms with van der Waals surface area (Å²) in [5.41, 5.74) is 2.19. The predicted molar refractivity (Wildman–Crippen MR) is 84.6 cm³/mol. The number of non-ortho nitro benzene ring substituents is 1. The fourth-order valence-electron chi connectivity index (χ4n) is 2.43. The number of para-hydroxylation sites is 1. The number of fused-ring (bicyclic) bond motifs is 2. The van der Waals surface area contributed by atoms with Crippen LogP contribution in [-0.2, 0) is 0 Å². The van der Waals surface area contributed by atoms with E-state index < -0.39 is 0 Å². The third-order valence-corrected chi connectivity index (χ3v) is 3.30. The van der Waals surface area contributed by atoms with E-state index in [0.717, 1.165) is 16.6 Å². The van der Waals surface area contributed by atoms with Crippen LogP contribution in [0.3, 0.4) is 0 Å². The van der Waals surface area contributed by atoms with Crippen molar-refractivity contribution in [2.24, 2.45) is 0 Å². The van der Waals surface area contributed by atoms with E-state index in [4.69, 9.17) is 0 Å². The van der Waals surface area contributed by atoms with Gasteiger partial charge in [0.1, 0.15) is 5.39 Å². The van der Waals surface area contributed by atoms with Crippen LogP contribution in [0, 0.1) is 10.1 Å². The number of rotatable bonds is 4. The van der Waals surface area contributed by atoms with Crippen LogP contribution < -0.4 is 5.32 Å². The number of pyridine rings is 1. The number of aromatic nitrogens is 1. The molecule has 0 unspecified atom stereocenters. The lowest BCUT2D eigenvalue weighted by Gasteiger charge is -2.12. The molecule has 0 spiro atoms. The molecule has 1 N–H and O–H groups in total. The number of nitrogens with zero attached hydrogens (tertiary/aromatic N) is 2. The first-order valence-corrected chi connectivity index (χ1v) is 6.53. The van der Waals surface area contributed by atoms with Crippen LogP contribution in [0.5, 0.6) is 0 Å². The van der Waals surface area contributed by atoms with Crippen LogP contribution in [0.15, 0.2) is 55.1 Å². The molecule has 5 nitrogen and oxygen atoms in total. The molecule has 3 rings (SSSR count). The van der Waals surface area contributed by atoms with Gasteiger partial charge < -0.3 is 5.32 Å². The van der Waals surface area contributed by atoms with E-state index in [-0.39, 0.29) is 10.6 Å². The van der Waals surface area contributed by atoms with Crippen molar-refractivity contribution >= 4 is 33.2 Å². The van der Waals surface area contributed by atoms with Gasteiger partial charge in [0.2, 0.25) is 0 Å². The van der Waals surface area contributed by atoms with Crippen molar-refractivity contribution < 1.29 is 4.92 Å². The van der Waals surface area contributed by atoms with Gasteiger partial charge in [0.05, 0.1) is 21.6 Å². The summed E-state index contributed by atoms with van der Waals surface area (Å²) < 4.78 is 0. The number of nitro benzene ring substituents is 1. The van der Waals surface area contributed by atoms with Gasteiger partial charge in [0, 0.05) is 18.0 Å². The number of nitro groups is 1. The van der Waals surface area contributed by atoms with Gasteiger partial charge in [-0.05, 0) is 12.1 Å². The second kappa shape index (κ2) is 5.20. The Bertz CT molecular complexity index is 859. The van der Waals surface area contributed by atoms with Crippen LogP contribution in [0.4, 0.5) is 11.4 Å². The zero-order valence-corrected chi connectivity index (χ0v) is 11.2. The van der Waals surface area contributed by atoms with Crippen molar-refractivity contribution in [3.05, 3.63) is 65.2 Å². The van der Waals surface area contributed by atoms with E-state index in [1.807, 2.05) is 24.3 Å². The molecule has 0 bridgehead atoms. The SMILES string of the molecule is C=CCNc1c2ccccc2nc2cccc([N+](=O)[O-])c12. The Labute approximate surface area is 121 Å². The Hall–Kier alpha value is -2.95. The monoisotopic (exact) mass is 279 g/mol. The molecule has 0 saturated heterocycles. The number of hydrogen-bond acceptors (Lipinski definition) is 4. The van der Waals surface area contributed by atoms with Crippen molar-refractivity contribution in [2.75, 3.05) is 11.9 Å². The molecule has 0 fully saturated rings. The Morgan fingerprint density at radius 2 is 1.95 bits per heavy atom. The van der Waals surface area contributed by atoms with Gasteiger partial charge in [0.25, 0.3) is 5.69 Å². The van der Waals surface area contributed by atoms with Gasteiger partial charge >= 0.3 is 0 Å². The van der Waals surface area contributed by atoms with Crippen LogP contribution in [-0.4, -0.2) is 16.5 Å². The van der Waals surface area contributed by atoms with Crippen molar-refractivity contribution in [1.82, 2.24) is 4.98 Å². The fourth-order valence-corrected chi connectivity index (χ4v) is 2.43. The van der Waals surface area contributed by atoms with Gasteiger partial charge in [-0.25, -0.2) is 4.98 Å². The molecule has 1 aromatic heterocycles. The molecule has 0 aliphatic rings. The predicted octanol–water partition coefficient (Wildman–Crippen LogP) is 3.89. The van der Waals surface area contributed by atoms with Crippen molar-refractivity contribution in [3.8, 4) is 0 Å². The summed E-state index contributed by atoms with van der Waals surface area (Å²) in [7, 11) is 0. The molecule has 3 aromatic rings. The molecule has 0 amide bonds. The maximum Gasteiger partial charge on any atom is 0.280 e. The number of benzene rings is 2. The molecule has 21 heavy (non-hydrogen) atoms. The largest absolute Gasteiger partial charge is 0.380 e. The van der Waals surface area contributed by atoms with Crippen molar-refractivity contribution in [1.29, 1.82) is 0 Å². The topological polar surface area (TPSA) is 68.1 Å². The minimum atomic E-state index is -0.377. The van der Waals surface area contributed by atoms with E-state index in [9.17, 15) is 10.1 Å². The number of nitrogens with one attached hydrogen (secondary N) is 1. The summed E-state index contributed by atoms with van der Waals surface area (Å²) in [4.78, 5) is 15.4. The minimum absolute atomic E-state index is 0.0531. The van der Waals surface area contributed by atoms with Crippen LogP contribution >= 0.6 is 0 Å². The molecule has 0 saturated carbocycles. The second-order valence-corrected chi connectivity index (χ2v) is 4.60. The molecular weight excluding hydrogens is 266 g/mol. The number of anilines is 1. The lowest BCUT2D eigenvalue weighted by molar-refractivity contribution is -0.383. The highest BCUT2D eigenvalue weighted by atomic mass is 16.6. The molecule has 2 aromatic carbocycles. The van der Waals surface area contributed by atoms with E-state index in [1.54, 1.807) is 18.2 Å². The van der Waals surface area contributed by atoms with Gasteiger partial charge in [-0.3, -0.25) is 10.1 Å². The first kappa shape index (κ1) is 13.1. The zero-order chi connectivity index (χ0) is 14.8. The van der Waals surface area contributed by atoms with E-state index >= 15 is 0 Å². The summed E-state index contributed by atoms with van der Waals surface area (Å²) in [5.74, 6) is 0. The molecular formula is C16H13N3O2. The quantitative estimate of drug-likeness (QED) is 0.340. The van der Waals surface area contributed by atoms with E-state index in [0.29, 0.717) is 17.4 Å². The maximum atomic E-state index is 11.3. The van der Waals surface area contributed by atoms with Crippen LogP contribution in [0.25, 0.3) is 21.8 Å². The highest BCUT2D eigenvalue weighted by molar-refractivity contribution is 6.11. The first-order chi connectivity index (χ1) is 10.2. The summed E-state index contributed by atoms with van der Waals surface area (Å²) in [6, 6.07) is 12.5. The summed E-state index contributed by atoms with van der Waals surface area (Å²) in [5, 5.41) is 15.9. The van der Waals surface area contributed by atoms with E-state index in [1.165, 1.54) is 6.07 Å². The molecule has 0 radical (unpaired) electrons. The fraction of sp³-hybridized carbons (Fsp3) is 0.0625. The third kappa shape index (κ3) is 2.18. The molecule has 104 valence electrons. The Morgan fingerprint density at radius 1 is 1.19 bits per heavy atom. The van der Waals surface area contributed by atoms with Gasteiger partial charge in [0.15, 0.2) is 0 Å². The van der Waals surface area contributed by atoms with E-state index in [2.05, 4.69) is 16.9 Å². The third-order valence-electron chi connectivity index (χ3n) is 3.30. The lowest BCUT2D eigenvalue weighted by atomic mass is 10.1. The second-order valence-electron chi connectivity index (χ2n) is 4.60. The normalized spacial score (nSPS) is 10.7. The Morgan fingerprint density at radius 3 is 2.71 bits per heavy atom. The Balaban J connectivity index is 2.46. The molecule has 1 heterocycles. The van der Waals surface area contributed by atoms with Crippen LogP contribution in [0.1, 0.15) is 0 Å². The highest BCUT2D eigenvalue weighted by Gasteiger charge is 2.18. The van der Waals surface area contributed by atoms with Gasteiger partial charge in [-0.2, -0.15) is 0 Å². The zero-order valence-electron chi connectivity index (χ0n) is 11.2. The highest BCUT2D eigenvalue weighted by Crippen LogP contribution is 2.36. The summed E-state index contributed by atoms with van der Waals surface area (Å²) in [6.07, 6.45) is 1.72. The average molecular weight is 279 g/mol. The Kier molecular flexibility index (Phi) is 3.23. The summed E-state index contributed by atoms with van der Waals surface area (Å²) >= 11 is 0. The number of hydrogen-bond donors (Lipinski definition) is 1. The molecule has 0 aliphatic heterocycles. The lowest BCUT2D eigenvalue weighted by Crippen LogP contribution is -2.02. The standard InChI is InChI=1S/C16H13N3O2/c1-2-10-17-16-11-6-3-4-7-12(11)18-13-8-5-9-14(15(13)16)19(20)21/h2-9H,1,10H2,(H,17,18). The maximum absolute atomic E-state index is 11.3. The molecule has 0 aliphatic carbocycles. The minimum Gasteiger partial charge on any atom is -0.380 e. The van der Waals surface area contributed by atoms with Gasteiger partial charge in [-0.15, -0.1) is 6.58 Å². The first-order valence-electron chi connectivity index (χ1n) is 6.53. The molecule has 5 heteroatoms. The summed E-state index contributed by atoms with van der Waals surface area (Å²) in [6.45, 7) is 4.20.